The minimum Gasteiger partial charge on any atom is -0.350 e. The molecule has 2 aromatic rings. The lowest BCUT2D eigenvalue weighted by molar-refractivity contribution is -0.117. The minimum absolute atomic E-state index is 0.112. The average molecular weight is 380 g/mol. The number of halogens is 1. The summed E-state index contributed by atoms with van der Waals surface area (Å²) in [5.41, 5.74) is 2.57. The molecule has 1 heterocycles. The Kier molecular flexibility index (Phi) is 6.64. The largest absolute Gasteiger partial charge is 0.350 e. The molecule has 1 aliphatic heterocycles. The van der Waals surface area contributed by atoms with Crippen LogP contribution >= 0.6 is 11.6 Å². The van der Waals surface area contributed by atoms with Crippen LogP contribution in [0, 0.1) is 11.3 Å². The number of nitriles is 1. The van der Waals surface area contributed by atoms with E-state index >= 15 is 0 Å². The second-order valence-electron chi connectivity index (χ2n) is 6.72. The number of carbonyl (C=O) groups is 1. The summed E-state index contributed by atoms with van der Waals surface area (Å²) in [7, 11) is 0. The van der Waals surface area contributed by atoms with Crippen molar-refractivity contribution in [1.82, 2.24) is 10.2 Å². The van der Waals surface area contributed by atoms with Crippen LogP contribution in [0.3, 0.4) is 0 Å². The van der Waals surface area contributed by atoms with Crippen molar-refractivity contribution < 1.29 is 4.79 Å². The third-order valence-electron chi connectivity index (χ3n) is 4.75. The third kappa shape index (κ3) is 5.68. The maximum absolute atomic E-state index is 12.2. The normalized spacial score (nSPS) is 15.6. The molecule has 1 N–H and O–H groups in total. The highest BCUT2D eigenvalue weighted by Crippen LogP contribution is 2.16. The van der Waals surface area contributed by atoms with Crippen molar-refractivity contribution in [3.63, 3.8) is 0 Å². The number of nitrogens with zero attached hydrogens (tertiary/aromatic N) is 2. The molecule has 0 unspecified atom stereocenters. The lowest BCUT2D eigenvalue weighted by atomic mass is 10.0. The zero-order chi connectivity index (χ0) is 19.1. The molecule has 2 aromatic carbocycles. The van der Waals surface area contributed by atoms with Gasteiger partial charge in [0, 0.05) is 36.8 Å². The van der Waals surface area contributed by atoms with E-state index in [4.69, 9.17) is 16.9 Å². The van der Waals surface area contributed by atoms with Gasteiger partial charge < -0.3 is 5.32 Å². The van der Waals surface area contributed by atoms with Crippen LogP contribution in [0.4, 0.5) is 0 Å². The van der Waals surface area contributed by atoms with Crippen LogP contribution in [0.1, 0.15) is 29.5 Å². The number of amides is 1. The predicted molar refractivity (Wildman–Crippen MR) is 108 cm³/mol. The van der Waals surface area contributed by atoms with Crippen LogP contribution in [0.15, 0.2) is 54.6 Å². The fourth-order valence-corrected chi connectivity index (χ4v) is 3.37. The fraction of sp³-hybridized carbons (Fsp3) is 0.273. The summed E-state index contributed by atoms with van der Waals surface area (Å²) in [5, 5.41) is 12.9. The number of likely N-dealkylation sites (tertiary alicyclic amines) is 1. The molecule has 27 heavy (non-hydrogen) atoms. The summed E-state index contributed by atoms with van der Waals surface area (Å²) in [6, 6.07) is 17.5. The van der Waals surface area contributed by atoms with Crippen LogP contribution in [0.5, 0.6) is 0 Å². The topological polar surface area (TPSA) is 56.1 Å². The van der Waals surface area contributed by atoms with E-state index in [0.717, 1.165) is 43.1 Å². The van der Waals surface area contributed by atoms with Crippen molar-refractivity contribution in [1.29, 1.82) is 5.26 Å². The van der Waals surface area contributed by atoms with Crippen molar-refractivity contribution in [2.75, 3.05) is 13.1 Å². The van der Waals surface area contributed by atoms with E-state index in [1.807, 2.05) is 30.3 Å². The maximum atomic E-state index is 12.2. The first-order valence-corrected chi connectivity index (χ1v) is 9.46. The minimum atomic E-state index is -0.112. The van der Waals surface area contributed by atoms with Gasteiger partial charge in [0.15, 0.2) is 0 Å². The molecule has 4 nitrogen and oxygen atoms in total. The lowest BCUT2D eigenvalue weighted by Gasteiger charge is -2.32. The molecule has 0 atom stereocenters. The van der Waals surface area contributed by atoms with E-state index in [1.54, 1.807) is 12.1 Å². The standard InChI is InChI=1S/C22H22ClN3O/c23-20-8-5-17(6-9-20)16-26-13-11-21(12-14-26)25-22(27)10-7-18-3-1-2-4-19(18)15-24/h1-10,21H,11-14,16H2,(H,25,27)/b10-7+. The van der Waals surface area contributed by atoms with Crippen molar-refractivity contribution in [3.8, 4) is 6.07 Å². The highest BCUT2D eigenvalue weighted by Gasteiger charge is 2.20. The molecule has 1 saturated heterocycles. The zero-order valence-corrected chi connectivity index (χ0v) is 15.8. The summed E-state index contributed by atoms with van der Waals surface area (Å²) < 4.78 is 0. The van der Waals surface area contributed by atoms with Crippen molar-refractivity contribution in [2.45, 2.75) is 25.4 Å². The Bertz CT molecular complexity index is 847. The Balaban J connectivity index is 1.46. The summed E-state index contributed by atoms with van der Waals surface area (Å²) in [5.74, 6) is -0.112. The predicted octanol–water partition coefficient (Wildman–Crippen LogP) is 4.01. The molecule has 0 aliphatic carbocycles. The molecule has 1 amide bonds. The van der Waals surface area contributed by atoms with Crippen molar-refractivity contribution in [2.24, 2.45) is 0 Å². The molecule has 1 fully saturated rings. The molecule has 3 rings (SSSR count). The van der Waals surface area contributed by atoms with Crippen LogP contribution in [0.2, 0.25) is 5.02 Å². The van der Waals surface area contributed by atoms with Crippen LogP contribution in [0.25, 0.3) is 6.08 Å². The van der Waals surface area contributed by atoms with Crippen LogP contribution < -0.4 is 5.32 Å². The molecule has 0 radical (unpaired) electrons. The van der Waals surface area contributed by atoms with Gasteiger partial charge in [0.05, 0.1) is 11.6 Å². The van der Waals surface area contributed by atoms with E-state index in [0.29, 0.717) is 5.56 Å². The van der Waals surface area contributed by atoms with E-state index < -0.39 is 0 Å². The second kappa shape index (κ2) is 9.36. The van der Waals surface area contributed by atoms with E-state index in [1.165, 1.54) is 11.6 Å². The van der Waals surface area contributed by atoms with Gasteiger partial charge >= 0.3 is 0 Å². The Labute approximate surface area is 165 Å². The van der Waals surface area contributed by atoms with Gasteiger partial charge in [-0.1, -0.05) is 41.9 Å². The number of rotatable bonds is 5. The zero-order valence-electron chi connectivity index (χ0n) is 15.1. The first-order chi connectivity index (χ1) is 13.1. The lowest BCUT2D eigenvalue weighted by Crippen LogP contribution is -2.43. The highest BCUT2D eigenvalue weighted by molar-refractivity contribution is 6.30. The van der Waals surface area contributed by atoms with E-state index in [-0.39, 0.29) is 11.9 Å². The summed E-state index contributed by atoms with van der Waals surface area (Å²) in [6.45, 7) is 2.81. The van der Waals surface area contributed by atoms with Crippen LogP contribution in [-0.2, 0) is 11.3 Å². The molecule has 0 saturated carbocycles. The third-order valence-corrected chi connectivity index (χ3v) is 5.00. The first-order valence-electron chi connectivity index (χ1n) is 9.08. The Hall–Kier alpha value is -2.61. The SMILES string of the molecule is N#Cc1ccccc1/C=C/C(=O)NC1CCN(Cc2ccc(Cl)cc2)CC1. The molecular formula is C22H22ClN3O. The highest BCUT2D eigenvalue weighted by atomic mass is 35.5. The summed E-state index contributed by atoms with van der Waals surface area (Å²) in [6.07, 6.45) is 5.07. The second-order valence-corrected chi connectivity index (χ2v) is 7.15. The monoisotopic (exact) mass is 379 g/mol. The Morgan fingerprint density at radius 1 is 1.19 bits per heavy atom. The Morgan fingerprint density at radius 3 is 2.59 bits per heavy atom. The molecule has 1 aliphatic rings. The van der Waals surface area contributed by atoms with E-state index in [2.05, 4.69) is 28.4 Å². The number of carbonyl (C=O) groups excluding carboxylic acids is 1. The molecule has 5 heteroatoms. The van der Waals surface area contributed by atoms with Gasteiger partial charge in [-0.3, -0.25) is 9.69 Å². The van der Waals surface area contributed by atoms with Gasteiger partial charge in [-0.05, 0) is 48.2 Å². The fourth-order valence-electron chi connectivity index (χ4n) is 3.24. The van der Waals surface area contributed by atoms with Gasteiger partial charge in [-0.15, -0.1) is 0 Å². The quantitative estimate of drug-likeness (QED) is 0.798. The van der Waals surface area contributed by atoms with Crippen LogP contribution in [-0.4, -0.2) is 29.9 Å². The summed E-state index contributed by atoms with van der Waals surface area (Å²) in [4.78, 5) is 14.6. The number of benzene rings is 2. The smallest absolute Gasteiger partial charge is 0.244 e. The van der Waals surface area contributed by atoms with Gasteiger partial charge in [-0.2, -0.15) is 5.26 Å². The molecule has 0 spiro atoms. The van der Waals surface area contributed by atoms with Gasteiger partial charge in [0.25, 0.3) is 0 Å². The molecule has 0 bridgehead atoms. The summed E-state index contributed by atoms with van der Waals surface area (Å²) >= 11 is 5.93. The maximum Gasteiger partial charge on any atom is 0.244 e. The Morgan fingerprint density at radius 2 is 1.89 bits per heavy atom. The van der Waals surface area contributed by atoms with Crippen molar-refractivity contribution >= 4 is 23.6 Å². The molecule has 0 aromatic heterocycles. The van der Waals surface area contributed by atoms with Gasteiger partial charge in [-0.25, -0.2) is 0 Å². The van der Waals surface area contributed by atoms with Gasteiger partial charge in [0.2, 0.25) is 5.91 Å². The van der Waals surface area contributed by atoms with E-state index in [9.17, 15) is 4.79 Å². The van der Waals surface area contributed by atoms with Crippen molar-refractivity contribution in [3.05, 3.63) is 76.3 Å². The molecular weight excluding hydrogens is 358 g/mol. The number of hydrogen-bond acceptors (Lipinski definition) is 3. The van der Waals surface area contributed by atoms with Gasteiger partial charge in [0.1, 0.15) is 0 Å². The number of piperidine rings is 1. The number of hydrogen-bond donors (Lipinski definition) is 1. The average Bonchev–Trinajstić information content (AvgIpc) is 2.70. The molecule has 138 valence electrons. The number of nitrogens with one attached hydrogen (secondary N) is 1. The first kappa shape index (κ1) is 19.2.